The second-order valence-corrected chi connectivity index (χ2v) is 5.01. The minimum Gasteiger partial charge on any atom is -0.314 e. The highest BCUT2D eigenvalue weighted by atomic mass is 14.9. The van der Waals surface area contributed by atoms with Crippen LogP contribution in [0.4, 0.5) is 0 Å². The van der Waals surface area contributed by atoms with E-state index in [4.69, 9.17) is 4.98 Å². The molecule has 2 heterocycles. The lowest BCUT2D eigenvalue weighted by Gasteiger charge is -2.27. The molecule has 3 rings (SSSR count). The molecule has 2 nitrogen and oxygen atoms in total. The van der Waals surface area contributed by atoms with E-state index in [2.05, 4.69) is 48.6 Å². The number of piperidine rings is 1. The minimum atomic E-state index is 0.613. The summed E-state index contributed by atoms with van der Waals surface area (Å²) in [6, 6.07) is 13.4. The molecule has 0 aliphatic carbocycles. The maximum Gasteiger partial charge on any atom is 0.0705 e. The van der Waals surface area contributed by atoms with E-state index < -0.39 is 0 Å². The van der Waals surface area contributed by atoms with Crippen molar-refractivity contribution in [1.29, 1.82) is 0 Å². The summed E-state index contributed by atoms with van der Waals surface area (Å²) in [6.07, 6.45) is 2.40. The average Bonchev–Trinajstić information content (AvgIpc) is 2.38. The fourth-order valence-electron chi connectivity index (χ4n) is 2.71. The number of fused-ring (bicyclic) bond motifs is 1. The molecule has 1 aromatic heterocycles. The van der Waals surface area contributed by atoms with Gasteiger partial charge in [0, 0.05) is 23.0 Å². The fraction of sp³-hybridized carbons (Fsp3) is 0.400. The summed E-state index contributed by atoms with van der Waals surface area (Å²) in [5.41, 5.74) is 2.38. The molecule has 1 fully saturated rings. The maximum absolute atomic E-state index is 4.81. The molecule has 0 amide bonds. The van der Waals surface area contributed by atoms with Gasteiger partial charge in [-0.25, -0.2) is 0 Å². The van der Waals surface area contributed by atoms with Gasteiger partial charge in [-0.15, -0.1) is 0 Å². The number of hydrogen-bond donors (Lipinski definition) is 1. The third kappa shape index (κ3) is 2.18. The molecule has 2 heteroatoms. The molecular weight excluding hydrogens is 208 g/mol. The number of pyridine rings is 1. The van der Waals surface area contributed by atoms with Crippen LogP contribution in [0.3, 0.4) is 0 Å². The largest absolute Gasteiger partial charge is 0.314 e. The van der Waals surface area contributed by atoms with Gasteiger partial charge in [-0.3, -0.25) is 4.98 Å². The summed E-state index contributed by atoms with van der Waals surface area (Å²) in [5, 5.41) is 4.73. The molecule has 1 aliphatic rings. The van der Waals surface area contributed by atoms with E-state index in [0.717, 1.165) is 12.1 Å². The van der Waals surface area contributed by atoms with Gasteiger partial charge in [0.25, 0.3) is 0 Å². The monoisotopic (exact) mass is 226 g/mol. The van der Waals surface area contributed by atoms with Crippen molar-refractivity contribution >= 4 is 10.9 Å². The van der Waals surface area contributed by atoms with Crippen LogP contribution in [0.25, 0.3) is 10.9 Å². The SMILES string of the molecule is CC1CC(c2ccc3ccccc3n2)CCN1. The van der Waals surface area contributed by atoms with Gasteiger partial charge in [0.1, 0.15) is 0 Å². The molecule has 0 spiro atoms. The summed E-state index contributed by atoms with van der Waals surface area (Å²) in [7, 11) is 0. The zero-order chi connectivity index (χ0) is 11.7. The number of nitrogens with zero attached hydrogens (tertiary/aromatic N) is 1. The molecule has 2 unspecified atom stereocenters. The van der Waals surface area contributed by atoms with E-state index in [0.29, 0.717) is 12.0 Å². The highest BCUT2D eigenvalue weighted by Crippen LogP contribution is 2.27. The first-order valence-electron chi connectivity index (χ1n) is 6.42. The van der Waals surface area contributed by atoms with Crippen molar-refractivity contribution in [3.05, 3.63) is 42.1 Å². The molecule has 0 radical (unpaired) electrons. The Morgan fingerprint density at radius 2 is 2.06 bits per heavy atom. The van der Waals surface area contributed by atoms with Crippen LogP contribution in [-0.4, -0.2) is 17.6 Å². The van der Waals surface area contributed by atoms with Gasteiger partial charge in [-0.2, -0.15) is 0 Å². The molecule has 1 aromatic carbocycles. The van der Waals surface area contributed by atoms with Crippen molar-refractivity contribution in [3.63, 3.8) is 0 Å². The normalized spacial score (nSPS) is 25.0. The molecule has 0 saturated carbocycles. The highest BCUT2D eigenvalue weighted by molar-refractivity contribution is 5.78. The van der Waals surface area contributed by atoms with E-state index in [1.165, 1.54) is 23.9 Å². The highest BCUT2D eigenvalue weighted by Gasteiger charge is 2.20. The molecule has 0 bridgehead atoms. The van der Waals surface area contributed by atoms with Crippen molar-refractivity contribution in [2.75, 3.05) is 6.54 Å². The summed E-state index contributed by atoms with van der Waals surface area (Å²) in [5.74, 6) is 0.621. The maximum atomic E-state index is 4.81. The summed E-state index contributed by atoms with van der Waals surface area (Å²) in [4.78, 5) is 4.81. The lowest BCUT2D eigenvalue weighted by molar-refractivity contribution is 0.377. The average molecular weight is 226 g/mol. The van der Waals surface area contributed by atoms with Crippen LogP contribution in [-0.2, 0) is 0 Å². The van der Waals surface area contributed by atoms with E-state index in [1.807, 2.05) is 0 Å². The van der Waals surface area contributed by atoms with Crippen LogP contribution in [0.2, 0.25) is 0 Å². The number of hydrogen-bond acceptors (Lipinski definition) is 2. The Morgan fingerprint density at radius 3 is 2.94 bits per heavy atom. The van der Waals surface area contributed by atoms with Crippen molar-refractivity contribution in [2.45, 2.75) is 31.7 Å². The second kappa shape index (κ2) is 4.46. The van der Waals surface area contributed by atoms with Gasteiger partial charge in [0.05, 0.1) is 5.52 Å². The standard InChI is InChI=1S/C15H18N2/c1-11-10-13(8-9-16-11)15-7-6-12-4-2-3-5-14(12)17-15/h2-7,11,13,16H,8-10H2,1H3. The van der Waals surface area contributed by atoms with E-state index in [-0.39, 0.29) is 0 Å². The predicted molar refractivity (Wildman–Crippen MR) is 71.2 cm³/mol. The van der Waals surface area contributed by atoms with Crippen LogP contribution >= 0.6 is 0 Å². The van der Waals surface area contributed by atoms with Gasteiger partial charge in [0.15, 0.2) is 0 Å². The molecule has 17 heavy (non-hydrogen) atoms. The topological polar surface area (TPSA) is 24.9 Å². The Morgan fingerprint density at radius 1 is 1.18 bits per heavy atom. The second-order valence-electron chi connectivity index (χ2n) is 5.01. The lowest BCUT2D eigenvalue weighted by Crippen LogP contribution is -2.35. The summed E-state index contributed by atoms with van der Waals surface area (Å²) >= 11 is 0. The number of rotatable bonds is 1. The zero-order valence-corrected chi connectivity index (χ0v) is 10.2. The van der Waals surface area contributed by atoms with E-state index in [1.54, 1.807) is 0 Å². The Hall–Kier alpha value is -1.41. The van der Waals surface area contributed by atoms with Gasteiger partial charge >= 0.3 is 0 Å². The third-order valence-electron chi connectivity index (χ3n) is 3.66. The quantitative estimate of drug-likeness (QED) is 0.808. The van der Waals surface area contributed by atoms with Gasteiger partial charge < -0.3 is 5.32 Å². The van der Waals surface area contributed by atoms with Crippen LogP contribution in [0.1, 0.15) is 31.4 Å². The number of nitrogens with one attached hydrogen (secondary N) is 1. The molecule has 2 atom stereocenters. The molecule has 1 saturated heterocycles. The first-order valence-corrected chi connectivity index (χ1v) is 6.42. The summed E-state index contributed by atoms with van der Waals surface area (Å²) < 4.78 is 0. The van der Waals surface area contributed by atoms with Crippen molar-refractivity contribution in [2.24, 2.45) is 0 Å². The van der Waals surface area contributed by atoms with Crippen LogP contribution < -0.4 is 5.32 Å². The first kappa shape index (κ1) is 10.7. The van der Waals surface area contributed by atoms with Crippen molar-refractivity contribution in [1.82, 2.24) is 10.3 Å². The lowest BCUT2D eigenvalue weighted by atomic mass is 9.90. The summed E-state index contributed by atoms with van der Waals surface area (Å²) in [6.45, 7) is 3.37. The number of aromatic nitrogens is 1. The zero-order valence-electron chi connectivity index (χ0n) is 10.2. The molecule has 1 N–H and O–H groups in total. The molecular formula is C15H18N2. The Bertz CT molecular complexity index is 521. The minimum absolute atomic E-state index is 0.613. The van der Waals surface area contributed by atoms with Gasteiger partial charge in [-0.05, 0) is 38.4 Å². The number of para-hydroxylation sites is 1. The first-order chi connectivity index (χ1) is 8.33. The van der Waals surface area contributed by atoms with Crippen LogP contribution in [0.15, 0.2) is 36.4 Å². The van der Waals surface area contributed by atoms with Gasteiger partial charge in [-0.1, -0.05) is 24.3 Å². The van der Waals surface area contributed by atoms with Crippen LogP contribution in [0, 0.1) is 0 Å². The third-order valence-corrected chi connectivity index (χ3v) is 3.66. The molecule has 88 valence electrons. The predicted octanol–water partition coefficient (Wildman–Crippen LogP) is 3.09. The smallest absolute Gasteiger partial charge is 0.0705 e. The number of benzene rings is 1. The fourth-order valence-corrected chi connectivity index (χ4v) is 2.71. The molecule has 1 aliphatic heterocycles. The Balaban J connectivity index is 1.94. The van der Waals surface area contributed by atoms with E-state index in [9.17, 15) is 0 Å². The van der Waals surface area contributed by atoms with Crippen molar-refractivity contribution < 1.29 is 0 Å². The van der Waals surface area contributed by atoms with Gasteiger partial charge in [0.2, 0.25) is 0 Å². The van der Waals surface area contributed by atoms with E-state index >= 15 is 0 Å². The van der Waals surface area contributed by atoms with Crippen LogP contribution in [0.5, 0.6) is 0 Å². The molecule has 2 aromatic rings. The Kier molecular flexibility index (Phi) is 2.81. The van der Waals surface area contributed by atoms with Crippen molar-refractivity contribution in [3.8, 4) is 0 Å². The Labute approximate surface area is 102 Å².